The molecule has 1 heterocycles. The van der Waals surface area contributed by atoms with E-state index in [-0.39, 0.29) is 0 Å². The highest BCUT2D eigenvalue weighted by Gasteiger charge is 2.14. The Morgan fingerprint density at radius 1 is 1.20 bits per heavy atom. The average Bonchev–Trinajstić information content (AvgIpc) is 2.92. The van der Waals surface area contributed by atoms with E-state index >= 15 is 0 Å². The Balaban J connectivity index is 1.96. The lowest BCUT2D eigenvalue weighted by molar-refractivity contribution is 0.292. The summed E-state index contributed by atoms with van der Waals surface area (Å²) in [6.45, 7) is 1.59. The minimum absolute atomic E-state index is 0.368. The van der Waals surface area contributed by atoms with Crippen LogP contribution in [0.25, 0.3) is 0 Å². The third-order valence-electron chi connectivity index (χ3n) is 3.18. The maximum Gasteiger partial charge on any atom is 0.0637 e. The first-order valence-electron chi connectivity index (χ1n) is 6.43. The second-order valence-electron chi connectivity index (χ2n) is 4.84. The Morgan fingerprint density at radius 3 is 2.65 bits per heavy atom. The van der Waals surface area contributed by atoms with Crippen molar-refractivity contribution in [3.05, 3.63) is 56.2 Å². The lowest BCUT2D eigenvalue weighted by atomic mass is 10.2. The SMILES string of the molecule is CN(C)C(CNCc1cccc(Cl)c1Cl)c1cccs1. The maximum absolute atomic E-state index is 6.19. The van der Waals surface area contributed by atoms with E-state index in [9.17, 15) is 0 Å². The van der Waals surface area contributed by atoms with E-state index < -0.39 is 0 Å². The minimum atomic E-state index is 0.368. The van der Waals surface area contributed by atoms with E-state index in [4.69, 9.17) is 23.2 Å². The summed E-state index contributed by atoms with van der Waals surface area (Å²) in [5.41, 5.74) is 1.03. The molecular formula is C15H18Cl2N2S. The zero-order valence-electron chi connectivity index (χ0n) is 11.6. The zero-order chi connectivity index (χ0) is 14.5. The number of benzene rings is 1. The number of hydrogen-bond donors (Lipinski definition) is 1. The lowest BCUT2D eigenvalue weighted by Gasteiger charge is -2.23. The van der Waals surface area contributed by atoms with Gasteiger partial charge in [-0.2, -0.15) is 0 Å². The first kappa shape index (κ1) is 15.8. The van der Waals surface area contributed by atoms with Gasteiger partial charge in [-0.3, -0.25) is 0 Å². The molecule has 20 heavy (non-hydrogen) atoms. The van der Waals surface area contributed by atoms with Gasteiger partial charge in [-0.15, -0.1) is 11.3 Å². The van der Waals surface area contributed by atoms with E-state index in [1.807, 2.05) is 18.2 Å². The Bertz CT molecular complexity index is 541. The highest BCUT2D eigenvalue weighted by molar-refractivity contribution is 7.10. The van der Waals surface area contributed by atoms with Crippen molar-refractivity contribution in [1.29, 1.82) is 0 Å². The third-order valence-corrected chi connectivity index (χ3v) is 5.01. The molecule has 0 fully saturated rings. The van der Waals surface area contributed by atoms with Crippen molar-refractivity contribution in [2.45, 2.75) is 12.6 Å². The van der Waals surface area contributed by atoms with E-state index in [0.717, 1.165) is 18.7 Å². The van der Waals surface area contributed by atoms with Crippen LogP contribution in [-0.4, -0.2) is 25.5 Å². The molecule has 0 aliphatic rings. The lowest BCUT2D eigenvalue weighted by Crippen LogP contribution is -2.30. The van der Waals surface area contributed by atoms with Crippen LogP contribution in [0.3, 0.4) is 0 Å². The summed E-state index contributed by atoms with van der Waals surface area (Å²) in [4.78, 5) is 3.58. The molecule has 0 saturated heterocycles. The first-order valence-corrected chi connectivity index (χ1v) is 8.06. The number of hydrogen-bond acceptors (Lipinski definition) is 3. The molecule has 0 saturated carbocycles. The molecule has 0 bridgehead atoms. The average molecular weight is 329 g/mol. The zero-order valence-corrected chi connectivity index (χ0v) is 13.9. The van der Waals surface area contributed by atoms with Gasteiger partial charge >= 0.3 is 0 Å². The van der Waals surface area contributed by atoms with Crippen molar-refractivity contribution in [3.8, 4) is 0 Å². The maximum atomic E-state index is 6.19. The number of likely N-dealkylation sites (N-methyl/N-ethyl adjacent to an activating group) is 1. The molecule has 1 atom stereocenters. The van der Waals surface area contributed by atoms with Gasteiger partial charge in [0.2, 0.25) is 0 Å². The van der Waals surface area contributed by atoms with Crippen LogP contribution >= 0.6 is 34.5 Å². The van der Waals surface area contributed by atoms with Crippen LogP contribution < -0.4 is 5.32 Å². The third kappa shape index (κ3) is 3.96. The first-order chi connectivity index (χ1) is 9.59. The quantitative estimate of drug-likeness (QED) is 0.842. The normalized spacial score (nSPS) is 12.8. The van der Waals surface area contributed by atoms with Crippen molar-refractivity contribution < 1.29 is 0 Å². The van der Waals surface area contributed by atoms with Gasteiger partial charge in [-0.25, -0.2) is 0 Å². The summed E-state index contributed by atoms with van der Waals surface area (Å²) < 4.78 is 0. The molecule has 108 valence electrons. The molecule has 0 spiro atoms. The highest BCUT2D eigenvalue weighted by atomic mass is 35.5. The summed E-state index contributed by atoms with van der Waals surface area (Å²) in [5.74, 6) is 0. The van der Waals surface area contributed by atoms with Gasteiger partial charge in [0.25, 0.3) is 0 Å². The van der Waals surface area contributed by atoms with Crippen LogP contribution in [-0.2, 0) is 6.54 Å². The van der Waals surface area contributed by atoms with Crippen LogP contribution in [0.2, 0.25) is 10.0 Å². The van der Waals surface area contributed by atoms with Crippen molar-refractivity contribution >= 4 is 34.5 Å². The van der Waals surface area contributed by atoms with Crippen LogP contribution in [0.4, 0.5) is 0 Å². The van der Waals surface area contributed by atoms with E-state index in [1.165, 1.54) is 4.88 Å². The van der Waals surface area contributed by atoms with Crippen LogP contribution in [0.5, 0.6) is 0 Å². The second-order valence-corrected chi connectivity index (χ2v) is 6.60. The summed E-state index contributed by atoms with van der Waals surface area (Å²) in [6.07, 6.45) is 0. The van der Waals surface area contributed by atoms with Gasteiger partial charge in [0.1, 0.15) is 0 Å². The molecular weight excluding hydrogens is 311 g/mol. The standard InChI is InChI=1S/C15H18Cl2N2S/c1-19(2)13(14-7-4-8-20-14)10-18-9-11-5-3-6-12(16)15(11)17/h3-8,13,18H,9-10H2,1-2H3. The number of nitrogens with zero attached hydrogens (tertiary/aromatic N) is 1. The Morgan fingerprint density at radius 2 is 2.00 bits per heavy atom. The fourth-order valence-electron chi connectivity index (χ4n) is 2.05. The number of rotatable bonds is 6. The minimum Gasteiger partial charge on any atom is -0.311 e. The number of thiophene rings is 1. The smallest absolute Gasteiger partial charge is 0.0637 e. The summed E-state index contributed by atoms with van der Waals surface area (Å²) >= 11 is 14.0. The topological polar surface area (TPSA) is 15.3 Å². The van der Waals surface area contributed by atoms with Crippen molar-refractivity contribution in [2.75, 3.05) is 20.6 Å². The van der Waals surface area contributed by atoms with Crippen molar-refractivity contribution in [3.63, 3.8) is 0 Å². The molecule has 1 aromatic heterocycles. The number of nitrogens with one attached hydrogen (secondary N) is 1. The van der Waals surface area contributed by atoms with Crippen LogP contribution in [0.1, 0.15) is 16.5 Å². The number of halogens is 2. The van der Waals surface area contributed by atoms with E-state index in [0.29, 0.717) is 16.1 Å². The molecule has 2 aromatic rings. The van der Waals surface area contributed by atoms with Gasteiger partial charge in [-0.1, -0.05) is 41.4 Å². The highest BCUT2D eigenvalue weighted by Crippen LogP contribution is 2.26. The predicted molar refractivity (Wildman–Crippen MR) is 88.9 cm³/mol. The second kappa shape index (κ2) is 7.43. The Labute approximate surface area is 134 Å². The molecule has 5 heteroatoms. The van der Waals surface area contributed by atoms with Crippen LogP contribution in [0.15, 0.2) is 35.7 Å². The Hall–Kier alpha value is -0.580. The van der Waals surface area contributed by atoms with Gasteiger partial charge in [0.05, 0.1) is 16.1 Å². The van der Waals surface area contributed by atoms with Crippen molar-refractivity contribution in [2.24, 2.45) is 0 Å². The molecule has 2 nitrogen and oxygen atoms in total. The molecule has 1 aromatic carbocycles. The predicted octanol–water partition coefficient (Wildman–Crippen LogP) is 4.45. The molecule has 0 aliphatic carbocycles. The van der Waals surface area contributed by atoms with Gasteiger partial charge < -0.3 is 10.2 Å². The summed E-state index contributed by atoms with van der Waals surface area (Å²) in [6, 6.07) is 10.4. The van der Waals surface area contributed by atoms with E-state index in [1.54, 1.807) is 11.3 Å². The van der Waals surface area contributed by atoms with Gasteiger partial charge in [0, 0.05) is 18.0 Å². The Kier molecular flexibility index (Phi) is 5.87. The van der Waals surface area contributed by atoms with Crippen LogP contribution in [0, 0.1) is 0 Å². The fourth-order valence-corrected chi connectivity index (χ4v) is 3.36. The van der Waals surface area contributed by atoms with E-state index in [2.05, 4.69) is 41.8 Å². The summed E-state index contributed by atoms with van der Waals surface area (Å²) in [7, 11) is 4.19. The molecule has 0 amide bonds. The fraction of sp³-hybridized carbons (Fsp3) is 0.333. The largest absolute Gasteiger partial charge is 0.311 e. The molecule has 0 aliphatic heterocycles. The van der Waals surface area contributed by atoms with Gasteiger partial charge in [-0.05, 0) is 37.2 Å². The van der Waals surface area contributed by atoms with Crippen molar-refractivity contribution in [1.82, 2.24) is 10.2 Å². The summed E-state index contributed by atoms with van der Waals surface area (Å²) in [5, 5.41) is 6.82. The monoisotopic (exact) mass is 328 g/mol. The molecule has 0 radical (unpaired) electrons. The van der Waals surface area contributed by atoms with Gasteiger partial charge in [0.15, 0.2) is 0 Å². The molecule has 1 unspecified atom stereocenters. The molecule has 1 N–H and O–H groups in total. The molecule has 2 rings (SSSR count).